The molecule has 0 bridgehead atoms. The van der Waals surface area contributed by atoms with Gasteiger partial charge in [0.1, 0.15) is 0 Å². The smallest absolute Gasteiger partial charge is 0.234 e. The van der Waals surface area contributed by atoms with E-state index in [1.807, 2.05) is 0 Å². The molecule has 14 heavy (non-hydrogen) atoms. The molecular weight excluding hydrogens is 180 g/mol. The predicted molar refractivity (Wildman–Crippen MR) is 54.7 cm³/mol. The largest absolute Gasteiger partial charge is 0.389 e. The zero-order valence-corrected chi connectivity index (χ0v) is 8.75. The van der Waals surface area contributed by atoms with Gasteiger partial charge in [-0.15, -0.1) is 0 Å². The van der Waals surface area contributed by atoms with E-state index in [1.54, 1.807) is 6.92 Å². The van der Waals surface area contributed by atoms with Crippen LogP contribution in [0.25, 0.3) is 0 Å². The fourth-order valence-corrected chi connectivity index (χ4v) is 1.83. The number of hydrogen-bond acceptors (Lipinski definition) is 3. The number of nitrogens with two attached hydrogens (primary N) is 1. The van der Waals surface area contributed by atoms with Crippen LogP contribution in [0.4, 0.5) is 0 Å². The number of amides is 1. The average molecular weight is 200 g/mol. The first-order valence-corrected chi connectivity index (χ1v) is 5.29. The van der Waals surface area contributed by atoms with Gasteiger partial charge in [0, 0.05) is 6.54 Å². The van der Waals surface area contributed by atoms with Gasteiger partial charge in [-0.1, -0.05) is 19.3 Å². The molecule has 82 valence electrons. The first kappa shape index (κ1) is 11.5. The van der Waals surface area contributed by atoms with E-state index in [0.29, 0.717) is 6.54 Å². The molecule has 0 aromatic carbocycles. The van der Waals surface area contributed by atoms with Crippen LogP contribution in [0.5, 0.6) is 0 Å². The van der Waals surface area contributed by atoms with Crippen molar-refractivity contribution in [3.63, 3.8) is 0 Å². The fraction of sp³-hybridized carbons (Fsp3) is 0.900. The Balaban J connectivity index is 2.31. The van der Waals surface area contributed by atoms with Crippen molar-refractivity contribution in [2.45, 2.75) is 50.7 Å². The minimum absolute atomic E-state index is 0.360. The lowest BCUT2D eigenvalue weighted by Crippen LogP contribution is -2.48. The third-order valence-electron chi connectivity index (χ3n) is 2.95. The topological polar surface area (TPSA) is 75.3 Å². The van der Waals surface area contributed by atoms with Crippen LogP contribution in [0.15, 0.2) is 0 Å². The molecule has 0 aromatic heterocycles. The predicted octanol–water partition coefficient (Wildman–Crippen LogP) is 0.145. The number of aliphatic hydroxyl groups is 1. The van der Waals surface area contributed by atoms with Gasteiger partial charge >= 0.3 is 0 Å². The van der Waals surface area contributed by atoms with Crippen LogP contribution >= 0.6 is 0 Å². The Morgan fingerprint density at radius 2 is 2.07 bits per heavy atom. The number of primary amides is 1. The van der Waals surface area contributed by atoms with Crippen molar-refractivity contribution in [1.82, 2.24) is 5.32 Å². The molecule has 1 saturated carbocycles. The van der Waals surface area contributed by atoms with Gasteiger partial charge in [-0.2, -0.15) is 0 Å². The van der Waals surface area contributed by atoms with Crippen LogP contribution in [0.1, 0.15) is 39.0 Å². The summed E-state index contributed by atoms with van der Waals surface area (Å²) in [6.45, 7) is 2.19. The molecule has 1 aliphatic carbocycles. The Kier molecular flexibility index (Phi) is 3.89. The minimum Gasteiger partial charge on any atom is -0.389 e. The Morgan fingerprint density at radius 3 is 2.57 bits per heavy atom. The molecule has 4 nitrogen and oxygen atoms in total. The van der Waals surface area contributed by atoms with Crippen LogP contribution in [-0.2, 0) is 4.79 Å². The van der Waals surface area contributed by atoms with Crippen LogP contribution in [-0.4, -0.2) is 29.2 Å². The molecule has 1 fully saturated rings. The molecule has 0 heterocycles. The summed E-state index contributed by atoms with van der Waals surface area (Å²) in [5.74, 6) is -0.371. The first-order valence-electron chi connectivity index (χ1n) is 5.29. The number of hydrogen-bond donors (Lipinski definition) is 3. The molecule has 0 spiro atoms. The van der Waals surface area contributed by atoms with Crippen molar-refractivity contribution in [1.29, 1.82) is 0 Å². The second kappa shape index (κ2) is 4.75. The van der Waals surface area contributed by atoms with Crippen molar-refractivity contribution in [2.24, 2.45) is 5.73 Å². The van der Waals surface area contributed by atoms with Gasteiger partial charge < -0.3 is 16.2 Å². The number of carbonyl (C=O) groups is 1. The van der Waals surface area contributed by atoms with E-state index in [-0.39, 0.29) is 11.9 Å². The van der Waals surface area contributed by atoms with Gasteiger partial charge in [0.2, 0.25) is 5.91 Å². The van der Waals surface area contributed by atoms with E-state index in [0.717, 1.165) is 25.7 Å². The van der Waals surface area contributed by atoms with Crippen molar-refractivity contribution < 1.29 is 9.90 Å². The molecule has 0 aromatic rings. The van der Waals surface area contributed by atoms with Gasteiger partial charge in [-0.25, -0.2) is 0 Å². The number of rotatable bonds is 4. The summed E-state index contributed by atoms with van der Waals surface area (Å²) < 4.78 is 0. The van der Waals surface area contributed by atoms with Gasteiger partial charge in [0.05, 0.1) is 11.6 Å². The van der Waals surface area contributed by atoms with E-state index in [1.165, 1.54) is 6.42 Å². The van der Waals surface area contributed by atoms with Crippen LogP contribution in [0.3, 0.4) is 0 Å². The second-order valence-corrected chi connectivity index (χ2v) is 4.29. The first-order chi connectivity index (χ1) is 6.53. The highest BCUT2D eigenvalue weighted by atomic mass is 16.3. The molecule has 0 aliphatic heterocycles. The normalized spacial score (nSPS) is 23.0. The zero-order valence-electron chi connectivity index (χ0n) is 8.75. The van der Waals surface area contributed by atoms with Crippen molar-refractivity contribution >= 4 is 5.91 Å². The summed E-state index contributed by atoms with van der Waals surface area (Å²) >= 11 is 0. The van der Waals surface area contributed by atoms with E-state index >= 15 is 0 Å². The van der Waals surface area contributed by atoms with E-state index in [9.17, 15) is 9.90 Å². The highest BCUT2D eigenvalue weighted by molar-refractivity contribution is 5.79. The lowest BCUT2D eigenvalue weighted by molar-refractivity contribution is -0.119. The van der Waals surface area contributed by atoms with Gasteiger partial charge in [-0.3, -0.25) is 4.79 Å². The van der Waals surface area contributed by atoms with Crippen LogP contribution < -0.4 is 11.1 Å². The molecule has 1 aliphatic rings. The molecule has 4 heteroatoms. The standard InChI is InChI=1S/C10H20N2O2/c1-8(9(11)13)12-7-10(14)5-3-2-4-6-10/h8,12,14H,2-7H2,1H3,(H2,11,13). The maximum Gasteiger partial charge on any atom is 0.234 e. The molecule has 1 atom stereocenters. The van der Waals surface area contributed by atoms with E-state index < -0.39 is 5.60 Å². The highest BCUT2D eigenvalue weighted by Crippen LogP contribution is 2.27. The minimum atomic E-state index is -0.623. The quantitative estimate of drug-likeness (QED) is 0.604. The van der Waals surface area contributed by atoms with Gasteiger partial charge in [-0.05, 0) is 19.8 Å². The third-order valence-corrected chi connectivity index (χ3v) is 2.95. The summed E-state index contributed by atoms with van der Waals surface area (Å²) in [6.07, 6.45) is 5.00. The number of carbonyl (C=O) groups excluding carboxylic acids is 1. The monoisotopic (exact) mass is 200 g/mol. The molecule has 4 N–H and O–H groups in total. The molecule has 1 rings (SSSR count). The van der Waals surface area contributed by atoms with E-state index in [4.69, 9.17) is 5.73 Å². The maximum atomic E-state index is 10.8. The van der Waals surface area contributed by atoms with Crippen molar-refractivity contribution in [3.8, 4) is 0 Å². The van der Waals surface area contributed by atoms with E-state index in [2.05, 4.69) is 5.32 Å². The Labute approximate surface area is 84.9 Å². The summed E-state index contributed by atoms with van der Waals surface area (Å²) in [6, 6.07) is -0.360. The zero-order chi connectivity index (χ0) is 10.6. The molecule has 1 unspecified atom stereocenters. The molecule has 1 amide bonds. The third kappa shape index (κ3) is 3.27. The van der Waals surface area contributed by atoms with Crippen molar-refractivity contribution in [2.75, 3.05) is 6.54 Å². The Bertz CT molecular complexity index is 200. The lowest BCUT2D eigenvalue weighted by atomic mass is 9.85. The lowest BCUT2D eigenvalue weighted by Gasteiger charge is -2.33. The highest BCUT2D eigenvalue weighted by Gasteiger charge is 2.29. The second-order valence-electron chi connectivity index (χ2n) is 4.29. The molecule has 0 radical (unpaired) electrons. The Hall–Kier alpha value is -0.610. The molecule has 0 saturated heterocycles. The fourth-order valence-electron chi connectivity index (χ4n) is 1.83. The average Bonchev–Trinajstić information content (AvgIpc) is 2.15. The maximum absolute atomic E-state index is 10.8. The Morgan fingerprint density at radius 1 is 1.50 bits per heavy atom. The SMILES string of the molecule is CC(NCC1(O)CCCCC1)C(N)=O. The van der Waals surface area contributed by atoms with Gasteiger partial charge in [0.15, 0.2) is 0 Å². The van der Waals surface area contributed by atoms with Gasteiger partial charge in [0.25, 0.3) is 0 Å². The van der Waals surface area contributed by atoms with Crippen LogP contribution in [0, 0.1) is 0 Å². The molecular formula is C10H20N2O2. The van der Waals surface area contributed by atoms with Crippen molar-refractivity contribution in [3.05, 3.63) is 0 Å². The summed E-state index contributed by atoms with van der Waals surface area (Å²) in [5, 5.41) is 13.1. The van der Waals surface area contributed by atoms with Crippen LogP contribution in [0.2, 0.25) is 0 Å². The number of nitrogens with one attached hydrogen (secondary N) is 1. The summed E-state index contributed by atoms with van der Waals surface area (Å²) in [7, 11) is 0. The summed E-state index contributed by atoms with van der Waals surface area (Å²) in [4.78, 5) is 10.8. The summed E-state index contributed by atoms with van der Waals surface area (Å²) in [5.41, 5.74) is 4.49.